The molecule has 0 saturated heterocycles. The number of rotatable bonds is 2. The Morgan fingerprint density at radius 1 is 0.760 bits per heavy atom. The summed E-state index contributed by atoms with van der Waals surface area (Å²) < 4.78 is 16.6. The van der Waals surface area contributed by atoms with Crippen LogP contribution in [0.4, 0.5) is 0 Å². The van der Waals surface area contributed by atoms with Crippen LogP contribution in [0.25, 0.3) is 27.9 Å². The van der Waals surface area contributed by atoms with E-state index in [1.807, 2.05) is 71.7 Å². The van der Waals surface area contributed by atoms with Crippen LogP contribution in [-0.2, 0) is 3.74 Å². The van der Waals surface area contributed by atoms with Crippen LogP contribution in [0.3, 0.4) is 0 Å². The molecule has 1 aliphatic rings. The molecule has 2 heterocycles. The van der Waals surface area contributed by atoms with E-state index in [1.165, 1.54) is 0 Å². The molecular formula is C21H14AsN2O. The molecule has 4 heteroatoms. The molecule has 0 N–H and O–H groups in total. The minimum atomic E-state index is -2.35. The molecule has 3 aromatic carbocycles. The standard InChI is InChI=1S/C21H14AsN2O/c25-22-20-9-5-4-8-18(20)19-12-15(10-11-21(19)22)16-13-23-24(14-16)17-6-2-1-3-7-17/h1-14H. The molecular weight excluding hydrogens is 371 g/mol. The maximum atomic E-state index is 12.7. The van der Waals surface area contributed by atoms with Gasteiger partial charge in [-0.25, -0.2) is 0 Å². The van der Waals surface area contributed by atoms with Crippen molar-refractivity contribution < 1.29 is 3.74 Å². The molecule has 119 valence electrons. The third-order valence-electron chi connectivity index (χ3n) is 4.57. The van der Waals surface area contributed by atoms with Crippen molar-refractivity contribution in [3.05, 3.63) is 85.2 Å². The molecule has 25 heavy (non-hydrogen) atoms. The van der Waals surface area contributed by atoms with Gasteiger partial charge in [-0.2, -0.15) is 0 Å². The quantitative estimate of drug-likeness (QED) is 0.438. The van der Waals surface area contributed by atoms with E-state index in [2.05, 4.69) is 23.3 Å². The van der Waals surface area contributed by atoms with Crippen LogP contribution in [0, 0.1) is 0 Å². The molecule has 1 aliphatic heterocycles. The number of fused-ring (bicyclic) bond motifs is 3. The first-order valence-corrected chi connectivity index (χ1v) is 10.8. The summed E-state index contributed by atoms with van der Waals surface area (Å²) >= 11 is -2.35. The molecule has 1 radical (unpaired) electrons. The summed E-state index contributed by atoms with van der Waals surface area (Å²) in [6.45, 7) is 0. The fourth-order valence-corrected chi connectivity index (χ4v) is 6.48. The molecule has 1 unspecified atom stereocenters. The van der Waals surface area contributed by atoms with Gasteiger partial charge < -0.3 is 0 Å². The van der Waals surface area contributed by atoms with Gasteiger partial charge in [0.25, 0.3) is 0 Å². The number of nitrogens with zero attached hydrogens (tertiary/aromatic N) is 2. The van der Waals surface area contributed by atoms with Gasteiger partial charge in [0.2, 0.25) is 0 Å². The van der Waals surface area contributed by atoms with Crippen LogP contribution < -0.4 is 8.70 Å². The second-order valence-electron chi connectivity index (χ2n) is 6.05. The summed E-state index contributed by atoms with van der Waals surface area (Å²) in [7, 11) is 0. The number of hydrogen-bond donors (Lipinski definition) is 0. The Bertz CT molecular complexity index is 1120. The summed E-state index contributed by atoms with van der Waals surface area (Å²) in [5.74, 6) is 0. The summed E-state index contributed by atoms with van der Waals surface area (Å²) in [5, 5.41) is 4.48. The Hall–Kier alpha value is -2.77. The van der Waals surface area contributed by atoms with Gasteiger partial charge in [-0.05, 0) is 0 Å². The van der Waals surface area contributed by atoms with Crippen molar-refractivity contribution in [2.75, 3.05) is 0 Å². The third-order valence-corrected chi connectivity index (χ3v) is 8.04. The van der Waals surface area contributed by atoms with E-state index in [4.69, 9.17) is 0 Å². The van der Waals surface area contributed by atoms with Crippen molar-refractivity contribution in [3.63, 3.8) is 0 Å². The van der Waals surface area contributed by atoms with E-state index in [0.29, 0.717) is 0 Å². The average molecular weight is 385 g/mol. The van der Waals surface area contributed by atoms with E-state index >= 15 is 0 Å². The third kappa shape index (κ3) is 2.31. The molecule has 0 bridgehead atoms. The molecule has 0 saturated carbocycles. The SMILES string of the molecule is O=[As]1c2ccccc2-c2cc(-c3cnn(-c4ccccc4)c3)ccc21. The zero-order chi connectivity index (χ0) is 16.8. The number of hydrogen-bond acceptors (Lipinski definition) is 2. The van der Waals surface area contributed by atoms with Gasteiger partial charge in [0.1, 0.15) is 0 Å². The fourth-order valence-electron chi connectivity index (χ4n) is 3.31. The molecule has 0 spiro atoms. The first-order valence-electron chi connectivity index (χ1n) is 8.12. The van der Waals surface area contributed by atoms with Crippen molar-refractivity contribution in [2.24, 2.45) is 0 Å². The monoisotopic (exact) mass is 385 g/mol. The molecule has 0 amide bonds. The van der Waals surface area contributed by atoms with Crippen LogP contribution in [-0.4, -0.2) is 24.4 Å². The molecule has 0 fully saturated rings. The summed E-state index contributed by atoms with van der Waals surface area (Å²) in [5.41, 5.74) is 5.41. The van der Waals surface area contributed by atoms with E-state index in [9.17, 15) is 3.74 Å². The van der Waals surface area contributed by atoms with E-state index in [0.717, 1.165) is 36.6 Å². The van der Waals surface area contributed by atoms with E-state index in [-0.39, 0.29) is 0 Å². The summed E-state index contributed by atoms with van der Waals surface area (Å²) in [6, 6.07) is 24.3. The van der Waals surface area contributed by atoms with Crippen LogP contribution in [0.5, 0.6) is 0 Å². The van der Waals surface area contributed by atoms with Crippen LogP contribution in [0.15, 0.2) is 85.2 Å². The van der Waals surface area contributed by atoms with Crippen LogP contribution in [0.1, 0.15) is 0 Å². The van der Waals surface area contributed by atoms with Crippen LogP contribution >= 0.6 is 0 Å². The zero-order valence-electron chi connectivity index (χ0n) is 13.3. The van der Waals surface area contributed by atoms with Gasteiger partial charge in [-0.15, -0.1) is 0 Å². The molecule has 3 nitrogen and oxygen atoms in total. The van der Waals surface area contributed by atoms with Gasteiger partial charge in [0.05, 0.1) is 0 Å². The Labute approximate surface area is 150 Å². The molecule has 1 aromatic heterocycles. The fraction of sp³-hybridized carbons (Fsp3) is 0. The van der Waals surface area contributed by atoms with Gasteiger partial charge in [-0.3, -0.25) is 0 Å². The number of aromatic nitrogens is 2. The van der Waals surface area contributed by atoms with Crippen molar-refractivity contribution in [2.45, 2.75) is 0 Å². The van der Waals surface area contributed by atoms with Crippen molar-refractivity contribution in [1.29, 1.82) is 0 Å². The van der Waals surface area contributed by atoms with Gasteiger partial charge in [0.15, 0.2) is 0 Å². The second-order valence-corrected chi connectivity index (χ2v) is 9.31. The Kier molecular flexibility index (Phi) is 3.29. The van der Waals surface area contributed by atoms with E-state index in [1.54, 1.807) is 0 Å². The zero-order valence-corrected chi connectivity index (χ0v) is 15.2. The maximum absolute atomic E-state index is 12.7. The first-order chi connectivity index (χ1) is 12.3. The van der Waals surface area contributed by atoms with Crippen molar-refractivity contribution >= 4 is 23.3 Å². The predicted molar refractivity (Wildman–Crippen MR) is 100 cm³/mol. The Balaban J connectivity index is 1.60. The van der Waals surface area contributed by atoms with Crippen molar-refractivity contribution in [3.8, 4) is 27.9 Å². The Morgan fingerprint density at radius 3 is 2.40 bits per heavy atom. The molecule has 5 rings (SSSR count). The van der Waals surface area contributed by atoms with E-state index < -0.39 is 14.6 Å². The normalized spacial score (nSPS) is 13.5. The summed E-state index contributed by atoms with van der Waals surface area (Å²) in [6.07, 6.45) is 3.91. The topological polar surface area (TPSA) is 34.9 Å². The summed E-state index contributed by atoms with van der Waals surface area (Å²) in [4.78, 5) is 0. The number of benzene rings is 3. The average Bonchev–Trinajstić information content (AvgIpc) is 3.27. The van der Waals surface area contributed by atoms with Crippen LogP contribution in [0.2, 0.25) is 0 Å². The predicted octanol–water partition coefficient (Wildman–Crippen LogP) is 3.06. The van der Waals surface area contributed by atoms with Crippen molar-refractivity contribution in [1.82, 2.24) is 9.78 Å². The second kappa shape index (κ2) is 5.64. The molecule has 0 aliphatic carbocycles. The van der Waals surface area contributed by atoms with Gasteiger partial charge in [0, 0.05) is 0 Å². The first kappa shape index (κ1) is 14.6. The number of para-hydroxylation sites is 1. The Morgan fingerprint density at radius 2 is 1.52 bits per heavy atom. The van der Waals surface area contributed by atoms with Gasteiger partial charge in [-0.1, -0.05) is 0 Å². The molecule has 4 aromatic rings. The molecule has 1 atom stereocenters. The van der Waals surface area contributed by atoms with Gasteiger partial charge >= 0.3 is 150 Å². The minimum absolute atomic E-state index is 1.01.